The van der Waals surface area contributed by atoms with Gasteiger partial charge in [-0.25, -0.2) is 0 Å². The van der Waals surface area contributed by atoms with Crippen LogP contribution in [0.25, 0.3) is 0 Å². The topological polar surface area (TPSA) is 24.1 Å². The molecule has 17 heavy (non-hydrogen) atoms. The highest BCUT2D eigenvalue weighted by Gasteiger charge is 2.11. The average molecular weight is 273 g/mol. The third-order valence-electron chi connectivity index (χ3n) is 3.13. The van der Waals surface area contributed by atoms with E-state index in [0.717, 1.165) is 30.2 Å². The molecule has 0 amide bonds. The largest absolute Gasteiger partial charge is 0.313 e. The molecule has 1 heterocycles. The summed E-state index contributed by atoms with van der Waals surface area (Å²) in [7, 11) is 0. The third-order valence-corrected chi connectivity index (χ3v) is 3.72. The van der Waals surface area contributed by atoms with Crippen molar-refractivity contribution in [1.29, 1.82) is 0 Å². The van der Waals surface area contributed by atoms with E-state index in [1.807, 2.05) is 12.1 Å². The van der Waals surface area contributed by atoms with E-state index in [2.05, 4.69) is 10.6 Å². The lowest BCUT2D eigenvalue weighted by molar-refractivity contribution is 0.383. The molecule has 0 aromatic heterocycles. The van der Waals surface area contributed by atoms with E-state index in [1.54, 1.807) is 6.07 Å². The van der Waals surface area contributed by atoms with Gasteiger partial charge in [0.05, 0.1) is 0 Å². The number of hydrogen-bond donors (Lipinski definition) is 2. The zero-order valence-corrected chi connectivity index (χ0v) is 11.3. The Balaban J connectivity index is 1.77. The molecule has 0 aliphatic carbocycles. The van der Waals surface area contributed by atoms with E-state index in [4.69, 9.17) is 23.2 Å². The van der Waals surface area contributed by atoms with Crippen molar-refractivity contribution in [2.75, 3.05) is 13.1 Å². The summed E-state index contributed by atoms with van der Waals surface area (Å²) in [6, 6.07) is 6.25. The van der Waals surface area contributed by atoms with Crippen molar-refractivity contribution < 1.29 is 0 Å². The van der Waals surface area contributed by atoms with Crippen LogP contribution in [0.4, 0.5) is 0 Å². The standard InChI is InChI=1S/C13H18Cl2N2/c14-11-5-4-10(13(15)7-11)8-16-9-12-3-1-2-6-17-12/h4-5,7,12,16-17H,1-3,6,8-9H2/t12-/m0/s1. The Kier molecular flexibility index (Phi) is 5.11. The Morgan fingerprint density at radius 1 is 1.29 bits per heavy atom. The Morgan fingerprint density at radius 3 is 2.88 bits per heavy atom. The van der Waals surface area contributed by atoms with Gasteiger partial charge in [-0.2, -0.15) is 0 Å². The SMILES string of the molecule is Clc1ccc(CNC[C@@H]2CCCCN2)c(Cl)c1. The van der Waals surface area contributed by atoms with Crippen LogP contribution in [0.15, 0.2) is 18.2 Å². The summed E-state index contributed by atoms with van der Waals surface area (Å²) in [5, 5.41) is 8.38. The van der Waals surface area contributed by atoms with Crippen LogP contribution in [0.1, 0.15) is 24.8 Å². The highest BCUT2D eigenvalue weighted by atomic mass is 35.5. The molecule has 1 aromatic rings. The number of rotatable bonds is 4. The monoisotopic (exact) mass is 272 g/mol. The molecule has 0 saturated carbocycles. The zero-order chi connectivity index (χ0) is 12.1. The maximum Gasteiger partial charge on any atom is 0.0465 e. The van der Waals surface area contributed by atoms with Crippen molar-refractivity contribution in [3.8, 4) is 0 Å². The van der Waals surface area contributed by atoms with Gasteiger partial charge in [-0.1, -0.05) is 35.7 Å². The highest BCUT2D eigenvalue weighted by Crippen LogP contribution is 2.20. The molecular formula is C13H18Cl2N2. The van der Waals surface area contributed by atoms with Gasteiger partial charge >= 0.3 is 0 Å². The van der Waals surface area contributed by atoms with Crippen molar-refractivity contribution in [1.82, 2.24) is 10.6 Å². The molecule has 0 spiro atoms. The minimum Gasteiger partial charge on any atom is -0.313 e. The van der Waals surface area contributed by atoms with Gasteiger partial charge in [0.2, 0.25) is 0 Å². The first-order valence-electron chi connectivity index (χ1n) is 6.14. The van der Waals surface area contributed by atoms with Gasteiger partial charge in [0.15, 0.2) is 0 Å². The second-order valence-corrected chi connectivity index (χ2v) is 5.36. The van der Waals surface area contributed by atoms with Crippen molar-refractivity contribution in [2.24, 2.45) is 0 Å². The molecule has 2 nitrogen and oxygen atoms in total. The van der Waals surface area contributed by atoms with Gasteiger partial charge in [-0.15, -0.1) is 0 Å². The van der Waals surface area contributed by atoms with Crippen molar-refractivity contribution >= 4 is 23.2 Å². The lowest BCUT2D eigenvalue weighted by atomic mass is 10.1. The molecule has 4 heteroatoms. The van der Waals surface area contributed by atoms with E-state index in [1.165, 1.54) is 19.3 Å². The highest BCUT2D eigenvalue weighted by molar-refractivity contribution is 6.35. The number of benzene rings is 1. The molecule has 1 aliphatic rings. The Bertz CT molecular complexity index is 362. The number of nitrogens with one attached hydrogen (secondary N) is 2. The maximum atomic E-state index is 6.11. The van der Waals surface area contributed by atoms with Gasteiger partial charge in [0.25, 0.3) is 0 Å². The predicted molar refractivity (Wildman–Crippen MR) is 73.8 cm³/mol. The van der Waals surface area contributed by atoms with E-state index >= 15 is 0 Å². The fourth-order valence-corrected chi connectivity index (χ4v) is 2.62. The Labute approximate surface area is 113 Å². The molecule has 94 valence electrons. The molecule has 1 saturated heterocycles. The minimum absolute atomic E-state index is 0.606. The Morgan fingerprint density at radius 2 is 2.18 bits per heavy atom. The molecule has 1 aromatic carbocycles. The van der Waals surface area contributed by atoms with Crippen LogP contribution in [0.2, 0.25) is 10.0 Å². The molecule has 0 radical (unpaired) electrons. The maximum absolute atomic E-state index is 6.11. The van der Waals surface area contributed by atoms with Crippen molar-refractivity contribution in [3.05, 3.63) is 33.8 Å². The van der Waals surface area contributed by atoms with Crippen LogP contribution in [-0.4, -0.2) is 19.1 Å². The van der Waals surface area contributed by atoms with Crippen molar-refractivity contribution in [2.45, 2.75) is 31.8 Å². The zero-order valence-electron chi connectivity index (χ0n) is 9.81. The smallest absolute Gasteiger partial charge is 0.0465 e. The van der Waals surface area contributed by atoms with Gasteiger partial charge in [-0.3, -0.25) is 0 Å². The number of piperidine rings is 1. The summed E-state index contributed by atoms with van der Waals surface area (Å²) in [4.78, 5) is 0. The molecule has 1 aliphatic heterocycles. The third kappa shape index (κ3) is 4.14. The minimum atomic E-state index is 0.606. The molecule has 2 N–H and O–H groups in total. The summed E-state index contributed by atoms with van der Waals surface area (Å²) in [6.45, 7) is 2.95. The van der Waals surface area contributed by atoms with Gasteiger partial charge < -0.3 is 10.6 Å². The number of halogens is 2. The molecular weight excluding hydrogens is 255 g/mol. The van der Waals surface area contributed by atoms with Crippen LogP contribution >= 0.6 is 23.2 Å². The normalized spacial score (nSPS) is 20.5. The fraction of sp³-hybridized carbons (Fsp3) is 0.538. The average Bonchev–Trinajstić information content (AvgIpc) is 2.33. The van der Waals surface area contributed by atoms with Crippen LogP contribution in [0.3, 0.4) is 0 Å². The summed E-state index contributed by atoms with van der Waals surface area (Å²) < 4.78 is 0. The lowest BCUT2D eigenvalue weighted by Crippen LogP contribution is -2.41. The second-order valence-electron chi connectivity index (χ2n) is 4.51. The predicted octanol–water partition coefficient (Wildman–Crippen LogP) is 3.23. The summed E-state index contributed by atoms with van der Waals surface area (Å²) in [5.74, 6) is 0. The van der Waals surface area contributed by atoms with Crippen LogP contribution < -0.4 is 10.6 Å². The fourth-order valence-electron chi connectivity index (χ4n) is 2.14. The first-order valence-corrected chi connectivity index (χ1v) is 6.89. The Hall–Kier alpha value is -0.280. The van der Waals surface area contributed by atoms with E-state index in [-0.39, 0.29) is 0 Å². The lowest BCUT2D eigenvalue weighted by Gasteiger charge is -2.23. The van der Waals surface area contributed by atoms with E-state index in [0.29, 0.717) is 11.1 Å². The van der Waals surface area contributed by atoms with Gasteiger partial charge in [-0.05, 0) is 37.1 Å². The molecule has 1 atom stereocenters. The molecule has 0 bridgehead atoms. The number of hydrogen-bond acceptors (Lipinski definition) is 2. The van der Waals surface area contributed by atoms with E-state index in [9.17, 15) is 0 Å². The summed E-state index contributed by atoms with van der Waals surface area (Å²) >= 11 is 12.0. The quantitative estimate of drug-likeness (QED) is 0.880. The van der Waals surface area contributed by atoms with E-state index < -0.39 is 0 Å². The first-order chi connectivity index (χ1) is 8.25. The molecule has 1 fully saturated rings. The first kappa shape index (κ1) is 13.2. The molecule has 0 unspecified atom stereocenters. The van der Waals surface area contributed by atoms with Crippen LogP contribution in [-0.2, 0) is 6.54 Å². The molecule has 2 rings (SSSR count). The van der Waals surface area contributed by atoms with Gasteiger partial charge in [0, 0.05) is 29.2 Å². The van der Waals surface area contributed by atoms with Crippen molar-refractivity contribution in [3.63, 3.8) is 0 Å². The van der Waals surface area contributed by atoms with Crippen LogP contribution in [0.5, 0.6) is 0 Å². The summed E-state index contributed by atoms with van der Waals surface area (Å²) in [5.41, 5.74) is 1.10. The second kappa shape index (κ2) is 6.60. The summed E-state index contributed by atoms with van der Waals surface area (Å²) in [6.07, 6.45) is 3.90. The van der Waals surface area contributed by atoms with Crippen LogP contribution in [0, 0.1) is 0 Å². The van der Waals surface area contributed by atoms with Gasteiger partial charge in [0.1, 0.15) is 0 Å².